The molecule has 0 amide bonds. The normalized spacial score (nSPS) is 18.8. The lowest BCUT2D eigenvalue weighted by Gasteiger charge is -2.25. The lowest BCUT2D eigenvalue weighted by atomic mass is 9.98. The molecule has 5 heteroatoms. The zero-order valence-corrected chi connectivity index (χ0v) is 8.99. The van der Waals surface area contributed by atoms with Crippen LogP contribution in [0.5, 0.6) is 0 Å². The Balaban J connectivity index is 2.77. The van der Waals surface area contributed by atoms with E-state index in [0.717, 1.165) is 0 Å². The van der Waals surface area contributed by atoms with Crippen LogP contribution < -0.4 is 5.73 Å². The van der Waals surface area contributed by atoms with Crippen LogP contribution in [0.3, 0.4) is 0 Å². The molecular weight excluding hydrogens is 210 g/mol. The minimum atomic E-state index is -1.44. The van der Waals surface area contributed by atoms with Gasteiger partial charge in [-0.05, 0) is 24.6 Å². The monoisotopic (exact) mass is 227 g/mol. The summed E-state index contributed by atoms with van der Waals surface area (Å²) < 4.78 is 0. The number of anilines is 1. The molecule has 1 rings (SSSR count). The molecule has 4 unspecified atom stereocenters. The third-order valence-corrected chi connectivity index (χ3v) is 2.45. The largest absolute Gasteiger partial charge is 0.399 e. The highest BCUT2D eigenvalue weighted by atomic mass is 16.4. The number of benzene rings is 1. The van der Waals surface area contributed by atoms with Gasteiger partial charge < -0.3 is 26.2 Å². The van der Waals surface area contributed by atoms with Crippen molar-refractivity contribution in [2.45, 2.75) is 31.3 Å². The van der Waals surface area contributed by atoms with Gasteiger partial charge in [-0.2, -0.15) is 0 Å². The van der Waals surface area contributed by atoms with Gasteiger partial charge in [0.05, 0.1) is 6.10 Å². The Morgan fingerprint density at radius 1 is 0.938 bits per heavy atom. The molecule has 0 fully saturated rings. The predicted molar refractivity (Wildman–Crippen MR) is 59.5 cm³/mol. The fraction of sp³-hybridized carbons (Fsp3) is 0.455. The van der Waals surface area contributed by atoms with Gasteiger partial charge in [0.25, 0.3) is 0 Å². The molecular formula is C11H17NO4. The van der Waals surface area contributed by atoms with Crippen LogP contribution in [0.2, 0.25) is 0 Å². The first-order valence-corrected chi connectivity index (χ1v) is 5.01. The summed E-state index contributed by atoms with van der Waals surface area (Å²) in [5.41, 5.74) is 6.45. The molecule has 0 spiro atoms. The van der Waals surface area contributed by atoms with Crippen molar-refractivity contribution in [1.82, 2.24) is 0 Å². The summed E-state index contributed by atoms with van der Waals surface area (Å²) in [6.45, 7) is 1.34. The average molecular weight is 227 g/mol. The third kappa shape index (κ3) is 2.93. The van der Waals surface area contributed by atoms with E-state index >= 15 is 0 Å². The predicted octanol–water partition coefficient (Wildman–Crippen LogP) is -0.595. The number of aliphatic hydroxyl groups excluding tert-OH is 4. The molecule has 0 saturated heterocycles. The van der Waals surface area contributed by atoms with Gasteiger partial charge in [0, 0.05) is 5.69 Å². The molecule has 90 valence electrons. The van der Waals surface area contributed by atoms with Crippen molar-refractivity contribution in [3.8, 4) is 0 Å². The van der Waals surface area contributed by atoms with E-state index in [9.17, 15) is 15.3 Å². The van der Waals surface area contributed by atoms with Crippen molar-refractivity contribution in [1.29, 1.82) is 0 Å². The Morgan fingerprint density at radius 2 is 1.44 bits per heavy atom. The molecule has 16 heavy (non-hydrogen) atoms. The zero-order valence-electron chi connectivity index (χ0n) is 8.99. The molecule has 0 heterocycles. The maximum atomic E-state index is 9.74. The second-order valence-electron chi connectivity index (χ2n) is 3.83. The first-order chi connectivity index (χ1) is 7.43. The molecule has 0 aromatic heterocycles. The molecule has 0 radical (unpaired) electrons. The average Bonchev–Trinajstić information content (AvgIpc) is 2.27. The van der Waals surface area contributed by atoms with E-state index in [1.165, 1.54) is 6.92 Å². The smallest absolute Gasteiger partial charge is 0.112 e. The van der Waals surface area contributed by atoms with Crippen LogP contribution in [0.1, 0.15) is 18.6 Å². The lowest BCUT2D eigenvalue weighted by molar-refractivity contribution is -0.101. The third-order valence-electron chi connectivity index (χ3n) is 2.45. The summed E-state index contributed by atoms with van der Waals surface area (Å²) in [6.07, 6.45) is -5.21. The fourth-order valence-corrected chi connectivity index (χ4v) is 1.36. The summed E-state index contributed by atoms with van der Waals surface area (Å²) in [5.74, 6) is 0. The van der Waals surface area contributed by atoms with Gasteiger partial charge in [0.2, 0.25) is 0 Å². The van der Waals surface area contributed by atoms with Crippen LogP contribution >= 0.6 is 0 Å². The molecule has 6 N–H and O–H groups in total. The molecule has 0 bridgehead atoms. The van der Waals surface area contributed by atoms with Crippen molar-refractivity contribution < 1.29 is 20.4 Å². The minimum Gasteiger partial charge on any atom is -0.399 e. The van der Waals surface area contributed by atoms with E-state index in [0.29, 0.717) is 11.3 Å². The molecule has 5 nitrogen and oxygen atoms in total. The number of hydrogen-bond acceptors (Lipinski definition) is 5. The van der Waals surface area contributed by atoms with Crippen molar-refractivity contribution in [2.75, 3.05) is 5.73 Å². The zero-order chi connectivity index (χ0) is 12.3. The second kappa shape index (κ2) is 5.27. The van der Waals surface area contributed by atoms with E-state index in [-0.39, 0.29) is 0 Å². The number of aliphatic hydroxyl groups is 4. The summed E-state index contributed by atoms with van der Waals surface area (Å²) in [7, 11) is 0. The topological polar surface area (TPSA) is 107 Å². The SMILES string of the molecule is CC(O)C(O)C(O)C(O)c1ccc(N)cc1. The molecule has 1 aromatic rings. The van der Waals surface area contributed by atoms with E-state index in [1.54, 1.807) is 24.3 Å². The van der Waals surface area contributed by atoms with Gasteiger partial charge >= 0.3 is 0 Å². The number of nitrogens with two attached hydrogens (primary N) is 1. The van der Waals surface area contributed by atoms with Crippen molar-refractivity contribution in [3.05, 3.63) is 29.8 Å². The standard InChI is InChI=1S/C11H17NO4/c1-6(13)9(14)11(16)10(15)7-2-4-8(12)5-3-7/h2-6,9-11,13-16H,12H2,1H3. The van der Waals surface area contributed by atoms with Gasteiger partial charge in [-0.1, -0.05) is 12.1 Å². The maximum Gasteiger partial charge on any atom is 0.112 e. The van der Waals surface area contributed by atoms with Crippen LogP contribution in [0.15, 0.2) is 24.3 Å². The second-order valence-corrected chi connectivity index (χ2v) is 3.83. The number of rotatable bonds is 4. The summed E-state index contributed by atoms with van der Waals surface area (Å²) in [4.78, 5) is 0. The first kappa shape index (κ1) is 12.9. The van der Waals surface area contributed by atoms with E-state index in [1.807, 2.05) is 0 Å². The quantitative estimate of drug-likeness (QED) is 0.442. The van der Waals surface area contributed by atoms with E-state index in [2.05, 4.69) is 0 Å². The molecule has 1 aromatic carbocycles. The van der Waals surface area contributed by atoms with Gasteiger partial charge in [-0.25, -0.2) is 0 Å². The Hall–Kier alpha value is -1.14. The van der Waals surface area contributed by atoms with Crippen molar-refractivity contribution >= 4 is 5.69 Å². The summed E-state index contributed by atoms with van der Waals surface area (Å²) in [6, 6.07) is 6.27. The van der Waals surface area contributed by atoms with Gasteiger partial charge in [-0.3, -0.25) is 0 Å². The molecule has 0 aliphatic rings. The van der Waals surface area contributed by atoms with Crippen LogP contribution in [-0.2, 0) is 0 Å². The van der Waals surface area contributed by atoms with Crippen LogP contribution in [0.25, 0.3) is 0 Å². The Kier molecular flexibility index (Phi) is 4.26. The molecule has 0 aliphatic carbocycles. The van der Waals surface area contributed by atoms with E-state index < -0.39 is 24.4 Å². The van der Waals surface area contributed by atoms with Gasteiger partial charge in [-0.15, -0.1) is 0 Å². The Bertz CT molecular complexity index is 325. The Morgan fingerprint density at radius 3 is 1.88 bits per heavy atom. The van der Waals surface area contributed by atoms with Gasteiger partial charge in [0.15, 0.2) is 0 Å². The molecule has 4 atom stereocenters. The summed E-state index contributed by atoms with van der Waals surface area (Å²) in [5, 5.41) is 37.8. The lowest BCUT2D eigenvalue weighted by Crippen LogP contribution is -2.39. The van der Waals surface area contributed by atoms with Crippen LogP contribution in [0, 0.1) is 0 Å². The van der Waals surface area contributed by atoms with Crippen LogP contribution in [0.4, 0.5) is 5.69 Å². The number of hydrogen-bond donors (Lipinski definition) is 5. The van der Waals surface area contributed by atoms with Crippen molar-refractivity contribution in [2.24, 2.45) is 0 Å². The highest BCUT2D eigenvalue weighted by Crippen LogP contribution is 2.21. The minimum absolute atomic E-state index is 0.432. The number of nitrogen functional groups attached to an aromatic ring is 1. The highest BCUT2D eigenvalue weighted by molar-refractivity contribution is 5.40. The summed E-state index contributed by atoms with van der Waals surface area (Å²) >= 11 is 0. The maximum absolute atomic E-state index is 9.74. The molecule has 0 saturated carbocycles. The Labute approximate surface area is 93.8 Å². The van der Waals surface area contributed by atoms with Crippen molar-refractivity contribution in [3.63, 3.8) is 0 Å². The fourth-order valence-electron chi connectivity index (χ4n) is 1.36. The van der Waals surface area contributed by atoms with E-state index in [4.69, 9.17) is 10.8 Å². The van der Waals surface area contributed by atoms with Crippen LogP contribution in [-0.4, -0.2) is 38.7 Å². The van der Waals surface area contributed by atoms with Gasteiger partial charge in [0.1, 0.15) is 18.3 Å². The first-order valence-electron chi connectivity index (χ1n) is 5.01. The molecule has 0 aliphatic heterocycles. The highest BCUT2D eigenvalue weighted by Gasteiger charge is 2.28.